The molecule has 0 fully saturated rings. The van der Waals surface area contributed by atoms with Crippen LogP contribution in [-0.4, -0.2) is 26.1 Å². The van der Waals surface area contributed by atoms with Gasteiger partial charge < -0.3 is 0 Å². The molecule has 1 aromatic heterocycles. The molecule has 0 aliphatic carbocycles. The monoisotopic (exact) mass is 571 g/mol. The quantitative estimate of drug-likeness (QED) is 0.171. The first kappa shape index (κ1) is 26.1. The Morgan fingerprint density at radius 1 is 0.727 bits per heavy atom. The van der Waals surface area contributed by atoms with E-state index in [2.05, 4.69) is 32.0 Å². The van der Waals surface area contributed by atoms with Crippen molar-refractivity contribution in [2.45, 2.75) is 82.0 Å². The topological polar surface area (TPSA) is 31.4 Å². The molecule has 5 heteroatoms. The van der Waals surface area contributed by atoms with E-state index in [1.54, 1.807) is 11.3 Å². The van der Waals surface area contributed by atoms with E-state index in [0.717, 1.165) is 22.4 Å². The molecular formula is C28H37NO2SSn. The number of aromatic nitrogens is 1. The van der Waals surface area contributed by atoms with Crippen molar-refractivity contribution in [3.8, 4) is 22.4 Å². The number of benzene rings is 2. The average Bonchev–Trinajstić information content (AvgIpc) is 3.28. The minimum atomic E-state index is -0.763. The zero-order chi connectivity index (χ0) is 23.4. The Morgan fingerprint density at radius 3 is 1.79 bits per heavy atom. The molecule has 1 heterocycles. The molecule has 0 saturated carbocycles. The van der Waals surface area contributed by atoms with Gasteiger partial charge in [-0.05, 0) is 0 Å². The number of rotatable bonds is 15. The van der Waals surface area contributed by atoms with Crippen molar-refractivity contribution >= 4 is 35.4 Å². The average molecular weight is 570 g/mol. The van der Waals surface area contributed by atoms with Crippen LogP contribution in [0.5, 0.6) is 22.4 Å². The van der Waals surface area contributed by atoms with Crippen molar-refractivity contribution in [1.29, 1.82) is 0 Å². The molecule has 0 aliphatic rings. The van der Waals surface area contributed by atoms with E-state index in [-0.39, 0.29) is 0 Å². The Labute approximate surface area is 214 Å². The Morgan fingerprint density at radius 2 is 1.24 bits per heavy atom. The van der Waals surface area contributed by atoms with Gasteiger partial charge in [-0.15, -0.1) is 0 Å². The minimum absolute atomic E-state index is 0.575. The zero-order valence-corrected chi connectivity index (χ0v) is 24.0. The number of hydrogen-bond acceptors (Lipinski definition) is 4. The number of unbranched alkanes of at least 4 members (excludes halogenated alkanes) is 3. The molecule has 3 aromatic rings. The summed E-state index contributed by atoms with van der Waals surface area (Å²) in [7, 11) is 0. The molecule has 3 rings (SSSR count). The van der Waals surface area contributed by atoms with Crippen molar-refractivity contribution in [3.63, 3.8) is 0 Å². The maximum atomic E-state index is 6.10. The second-order valence-electron chi connectivity index (χ2n) is 8.69. The third-order valence-electron chi connectivity index (χ3n) is 5.91. The van der Waals surface area contributed by atoms with Gasteiger partial charge in [-0.2, -0.15) is 0 Å². The van der Waals surface area contributed by atoms with Crippen molar-refractivity contribution in [3.05, 3.63) is 60.8 Å². The molecule has 0 amide bonds. The number of thiazole rings is 1. The SMILES string of the molecule is CCCC[C](CCCC)(CCCC)[Sn][c]1cnc(Oc2ccc(Oc3ccccc3)cc2)s1. The molecule has 0 atom stereocenters. The number of ether oxygens (including phenoxy) is 2. The molecule has 2 radical (unpaired) electrons. The first-order chi connectivity index (χ1) is 16.2. The van der Waals surface area contributed by atoms with Gasteiger partial charge in [0.05, 0.1) is 0 Å². The van der Waals surface area contributed by atoms with E-state index >= 15 is 0 Å². The molecule has 0 spiro atoms. The summed E-state index contributed by atoms with van der Waals surface area (Å²) in [5.74, 6) is 2.44. The van der Waals surface area contributed by atoms with Crippen LogP contribution >= 0.6 is 11.3 Å². The number of hydrogen-bond donors (Lipinski definition) is 0. The van der Waals surface area contributed by atoms with Crippen LogP contribution in [0.3, 0.4) is 0 Å². The van der Waals surface area contributed by atoms with Gasteiger partial charge in [0.1, 0.15) is 0 Å². The molecule has 0 bridgehead atoms. The first-order valence-corrected chi connectivity index (χ1v) is 16.1. The molecule has 0 aliphatic heterocycles. The van der Waals surface area contributed by atoms with Crippen LogP contribution in [0.2, 0.25) is 3.43 Å². The van der Waals surface area contributed by atoms with Gasteiger partial charge in [-0.25, -0.2) is 0 Å². The van der Waals surface area contributed by atoms with Crippen LogP contribution in [0.15, 0.2) is 60.8 Å². The van der Waals surface area contributed by atoms with Crippen molar-refractivity contribution in [1.82, 2.24) is 4.98 Å². The summed E-state index contributed by atoms with van der Waals surface area (Å²) in [6, 6.07) is 17.6. The molecule has 0 saturated heterocycles. The van der Waals surface area contributed by atoms with E-state index in [1.807, 2.05) is 54.6 Å². The van der Waals surface area contributed by atoms with Gasteiger partial charge in [0, 0.05) is 0 Å². The molecule has 2 aromatic carbocycles. The number of nitrogens with zero attached hydrogens (tertiary/aromatic N) is 1. The van der Waals surface area contributed by atoms with Crippen LogP contribution in [0.1, 0.15) is 78.6 Å². The Bertz CT molecular complexity index is 905. The maximum absolute atomic E-state index is 6.10. The van der Waals surface area contributed by atoms with Gasteiger partial charge in [0.15, 0.2) is 0 Å². The summed E-state index contributed by atoms with van der Waals surface area (Å²) in [6.07, 6.45) is 14.2. The fourth-order valence-corrected chi connectivity index (χ4v) is 11.7. The van der Waals surface area contributed by atoms with E-state index in [0.29, 0.717) is 3.43 Å². The molecule has 33 heavy (non-hydrogen) atoms. The third-order valence-corrected chi connectivity index (χ3v) is 12.9. The summed E-state index contributed by atoms with van der Waals surface area (Å²) >= 11 is 1.01. The van der Waals surface area contributed by atoms with E-state index in [1.165, 1.54) is 60.7 Å². The predicted molar refractivity (Wildman–Crippen MR) is 142 cm³/mol. The normalized spacial score (nSPS) is 11.5. The fourth-order valence-electron chi connectivity index (χ4n) is 4.03. The standard InChI is InChI=1S/C15H10NO2S.C13H27.Sn/c1-2-4-12(5-3-1)17-13-6-8-14(9-7-13)18-15-16-10-11-19-15;1-4-7-10-13(11-8-5-2)12-9-6-3;/h1-10H;4-12H2,1-3H3;. The zero-order valence-electron chi connectivity index (χ0n) is 20.3. The fraction of sp³-hybridized carbons (Fsp3) is 0.464. The van der Waals surface area contributed by atoms with Crippen molar-refractivity contribution in [2.24, 2.45) is 0 Å². The van der Waals surface area contributed by atoms with Crippen LogP contribution in [0.25, 0.3) is 0 Å². The first-order valence-electron chi connectivity index (χ1n) is 12.4. The molecule has 0 unspecified atom stereocenters. The van der Waals surface area contributed by atoms with Gasteiger partial charge in [-0.3, -0.25) is 0 Å². The van der Waals surface area contributed by atoms with Crippen LogP contribution in [0, 0.1) is 0 Å². The predicted octanol–water partition coefficient (Wildman–Crippen LogP) is 8.79. The van der Waals surface area contributed by atoms with Crippen LogP contribution in [0.4, 0.5) is 0 Å². The second-order valence-corrected chi connectivity index (χ2v) is 16.0. The van der Waals surface area contributed by atoms with Gasteiger partial charge in [0.2, 0.25) is 0 Å². The molecule has 0 N–H and O–H groups in total. The van der Waals surface area contributed by atoms with E-state index in [9.17, 15) is 0 Å². The summed E-state index contributed by atoms with van der Waals surface area (Å²) < 4.78 is 14.1. The van der Waals surface area contributed by atoms with Gasteiger partial charge >= 0.3 is 209 Å². The Hall–Kier alpha value is -1.53. The summed E-state index contributed by atoms with van der Waals surface area (Å²) in [5.41, 5.74) is 0. The van der Waals surface area contributed by atoms with E-state index < -0.39 is 21.1 Å². The second kappa shape index (κ2) is 14.0. The molecule has 176 valence electrons. The van der Waals surface area contributed by atoms with Crippen LogP contribution in [-0.2, 0) is 0 Å². The number of para-hydroxylation sites is 1. The summed E-state index contributed by atoms with van der Waals surface area (Å²) in [6.45, 7) is 6.97. The van der Waals surface area contributed by atoms with Crippen molar-refractivity contribution < 1.29 is 9.47 Å². The van der Waals surface area contributed by atoms with Crippen LogP contribution < -0.4 is 12.4 Å². The molecule has 3 nitrogen and oxygen atoms in total. The summed E-state index contributed by atoms with van der Waals surface area (Å²) in [5, 5.41) is 0.762. The summed E-state index contributed by atoms with van der Waals surface area (Å²) in [4.78, 5) is 4.63. The Kier molecular flexibility index (Phi) is 11.1. The molecular weight excluding hydrogens is 533 g/mol. The van der Waals surface area contributed by atoms with E-state index in [4.69, 9.17) is 9.47 Å². The van der Waals surface area contributed by atoms with Gasteiger partial charge in [-0.1, -0.05) is 6.07 Å². The van der Waals surface area contributed by atoms with Crippen molar-refractivity contribution in [2.75, 3.05) is 0 Å². The Balaban J connectivity index is 1.64. The third kappa shape index (κ3) is 8.64. The van der Waals surface area contributed by atoms with Gasteiger partial charge in [0.25, 0.3) is 0 Å².